The first-order valence-electron chi connectivity index (χ1n) is 10.1. The lowest BCUT2D eigenvalue weighted by atomic mass is 10.2. The van der Waals surface area contributed by atoms with Crippen molar-refractivity contribution in [2.45, 2.75) is 26.1 Å². The molecule has 7 heteroatoms. The van der Waals surface area contributed by atoms with Crippen LogP contribution in [0.5, 0.6) is 5.75 Å². The van der Waals surface area contributed by atoms with E-state index < -0.39 is 6.09 Å². The zero-order valence-electron chi connectivity index (χ0n) is 17.5. The first kappa shape index (κ1) is 20.4. The van der Waals surface area contributed by atoms with Gasteiger partial charge in [0.1, 0.15) is 23.7 Å². The van der Waals surface area contributed by atoms with Crippen molar-refractivity contribution in [1.29, 1.82) is 0 Å². The average Bonchev–Trinajstić information content (AvgIpc) is 3.17. The van der Waals surface area contributed by atoms with Gasteiger partial charge in [0.05, 0.1) is 19.7 Å². The number of aromatic nitrogens is 3. The maximum Gasteiger partial charge on any atom is 0.408 e. The molecule has 1 N–H and O–H groups in total. The maximum atomic E-state index is 12.4. The van der Waals surface area contributed by atoms with E-state index in [0.717, 1.165) is 28.0 Å². The van der Waals surface area contributed by atoms with Crippen LogP contribution >= 0.6 is 0 Å². The first-order valence-corrected chi connectivity index (χ1v) is 10.1. The van der Waals surface area contributed by atoms with Crippen LogP contribution in [0.3, 0.4) is 0 Å². The normalized spacial score (nSPS) is 11.8. The number of amides is 1. The maximum absolute atomic E-state index is 12.4. The van der Waals surface area contributed by atoms with Gasteiger partial charge in [-0.25, -0.2) is 14.8 Å². The summed E-state index contributed by atoms with van der Waals surface area (Å²) < 4.78 is 12.6. The number of alkyl carbamates (subject to hydrolysis) is 1. The topological polar surface area (TPSA) is 78.3 Å². The van der Waals surface area contributed by atoms with Crippen molar-refractivity contribution in [3.8, 4) is 5.75 Å². The highest BCUT2D eigenvalue weighted by molar-refractivity contribution is 5.72. The van der Waals surface area contributed by atoms with Gasteiger partial charge in [-0.2, -0.15) is 0 Å². The largest absolute Gasteiger partial charge is 0.497 e. The number of hydrogen-bond donors (Lipinski definition) is 1. The van der Waals surface area contributed by atoms with Crippen LogP contribution < -0.4 is 10.1 Å². The number of benzene rings is 2. The molecule has 0 aliphatic rings. The van der Waals surface area contributed by atoms with Crippen LogP contribution in [0.1, 0.15) is 29.9 Å². The van der Waals surface area contributed by atoms with Crippen LogP contribution in [0, 0.1) is 0 Å². The van der Waals surface area contributed by atoms with Crippen molar-refractivity contribution in [2.24, 2.45) is 0 Å². The number of pyridine rings is 1. The molecule has 1 amide bonds. The summed E-state index contributed by atoms with van der Waals surface area (Å²) in [6.45, 7) is 2.66. The third-order valence-corrected chi connectivity index (χ3v) is 4.97. The summed E-state index contributed by atoms with van der Waals surface area (Å²) >= 11 is 0. The third-order valence-electron chi connectivity index (χ3n) is 4.97. The zero-order valence-corrected chi connectivity index (χ0v) is 17.5. The first-order chi connectivity index (χ1) is 15.1. The van der Waals surface area contributed by atoms with Gasteiger partial charge in [0.2, 0.25) is 0 Å². The number of carbonyl (C=O) groups is 1. The minimum Gasteiger partial charge on any atom is -0.497 e. The fourth-order valence-electron chi connectivity index (χ4n) is 3.38. The molecular formula is C24H24N4O3. The van der Waals surface area contributed by atoms with Crippen LogP contribution in [0.4, 0.5) is 4.79 Å². The summed E-state index contributed by atoms with van der Waals surface area (Å²) in [6.07, 6.45) is 1.25. The molecule has 0 spiro atoms. The van der Waals surface area contributed by atoms with E-state index in [9.17, 15) is 4.79 Å². The van der Waals surface area contributed by atoms with Gasteiger partial charge in [0, 0.05) is 6.20 Å². The Morgan fingerprint density at radius 3 is 2.55 bits per heavy atom. The quantitative estimate of drug-likeness (QED) is 0.481. The van der Waals surface area contributed by atoms with Crippen LogP contribution in [-0.2, 0) is 17.9 Å². The number of rotatable bonds is 7. The van der Waals surface area contributed by atoms with E-state index in [1.165, 1.54) is 0 Å². The Balaban J connectivity index is 1.53. The van der Waals surface area contributed by atoms with Crippen molar-refractivity contribution < 1.29 is 14.3 Å². The Bertz CT molecular complexity index is 1160. The minimum absolute atomic E-state index is 0.212. The Kier molecular flexibility index (Phi) is 6.12. The fourth-order valence-corrected chi connectivity index (χ4v) is 3.38. The third kappa shape index (κ3) is 4.83. The molecule has 4 aromatic rings. The van der Waals surface area contributed by atoms with Crippen LogP contribution in [0.15, 0.2) is 72.9 Å². The number of nitrogens with zero attached hydrogens (tertiary/aromatic N) is 3. The monoisotopic (exact) mass is 416 g/mol. The number of carbonyl (C=O) groups excluding carboxylic acids is 1. The Labute approximate surface area is 180 Å². The summed E-state index contributed by atoms with van der Waals surface area (Å²) in [4.78, 5) is 21.6. The molecule has 0 fully saturated rings. The summed E-state index contributed by atoms with van der Waals surface area (Å²) in [5.41, 5.74) is 3.55. The molecule has 0 aliphatic heterocycles. The lowest BCUT2D eigenvalue weighted by molar-refractivity contribution is 0.136. The molecule has 1 atom stereocenters. The summed E-state index contributed by atoms with van der Waals surface area (Å²) in [5, 5.41) is 2.88. The van der Waals surface area contributed by atoms with E-state index in [1.54, 1.807) is 13.3 Å². The molecule has 1 unspecified atom stereocenters. The molecule has 0 aliphatic carbocycles. The van der Waals surface area contributed by atoms with Crippen molar-refractivity contribution >= 4 is 17.3 Å². The van der Waals surface area contributed by atoms with E-state index in [-0.39, 0.29) is 12.6 Å². The molecule has 31 heavy (non-hydrogen) atoms. The minimum atomic E-state index is -0.493. The second kappa shape index (κ2) is 9.30. The number of ether oxygens (including phenoxy) is 2. The zero-order chi connectivity index (χ0) is 21.6. The van der Waals surface area contributed by atoms with Crippen molar-refractivity contribution in [2.75, 3.05) is 7.11 Å². The fraction of sp³-hybridized carbons (Fsp3) is 0.208. The number of methoxy groups -OCH3 is 1. The summed E-state index contributed by atoms with van der Waals surface area (Å²) in [6, 6.07) is 20.8. The summed E-state index contributed by atoms with van der Waals surface area (Å²) in [7, 11) is 1.64. The smallest absolute Gasteiger partial charge is 0.408 e. The number of imidazole rings is 1. The number of nitrogens with one attached hydrogen (secondary N) is 1. The van der Waals surface area contributed by atoms with Gasteiger partial charge in [-0.05, 0) is 42.3 Å². The lowest BCUT2D eigenvalue weighted by Gasteiger charge is -2.16. The molecular weight excluding hydrogens is 392 g/mol. The van der Waals surface area contributed by atoms with Gasteiger partial charge < -0.3 is 19.4 Å². The molecule has 2 heterocycles. The van der Waals surface area contributed by atoms with Gasteiger partial charge >= 0.3 is 6.09 Å². The molecule has 0 bridgehead atoms. The number of fused-ring (bicyclic) bond motifs is 1. The molecule has 0 saturated carbocycles. The molecule has 0 saturated heterocycles. The molecule has 7 nitrogen and oxygen atoms in total. The highest BCUT2D eigenvalue weighted by Gasteiger charge is 2.20. The molecule has 2 aromatic heterocycles. The van der Waals surface area contributed by atoms with Gasteiger partial charge in [-0.3, -0.25) is 0 Å². The predicted octanol–water partition coefficient (Wildman–Crippen LogP) is 4.48. The van der Waals surface area contributed by atoms with Gasteiger partial charge in [0.25, 0.3) is 0 Å². The van der Waals surface area contributed by atoms with E-state index >= 15 is 0 Å². The molecule has 2 aromatic carbocycles. The highest BCUT2D eigenvalue weighted by Crippen LogP contribution is 2.22. The lowest BCUT2D eigenvalue weighted by Crippen LogP contribution is -2.29. The molecule has 158 valence electrons. The molecule has 4 rings (SSSR count). The SMILES string of the molecule is COc1ccc(Cn2c(C(C)NC(=O)OCc3ccccc3)nc3cccnc32)cc1. The summed E-state index contributed by atoms with van der Waals surface area (Å²) in [5.74, 6) is 1.51. The molecule has 0 radical (unpaired) electrons. The number of hydrogen-bond acceptors (Lipinski definition) is 5. The Morgan fingerprint density at radius 2 is 1.81 bits per heavy atom. The van der Waals surface area contributed by atoms with Gasteiger partial charge in [-0.15, -0.1) is 0 Å². The second-order valence-electron chi connectivity index (χ2n) is 7.18. The van der Waals surface area contributed by atoms with Crippen molar-refractivity contribution in [1.82, 2.24) is 19.9 Å². The van der Waals surface area contributed by atoms with Gasteiger partial charge in [-0.1, -0.05) is 42.5 Å². The standard InChI is InChI=1S/C24H24N4O3/c1-17(26-24(29)31-16-19-7-4-3-5-8-19)22-27-21-9-6-14-25-23(21)28(22)15-18-10-12-20(30-2)13-11-18/h3-14,17H,15-16H2,1-2H3,(H,26,29). The predicted molar refractivity (Wildman–Crippen MR) is 118 cm³/mol. The van der Waals surface area contributed by atoms with Crippen LogP contribution in [-0.4, -0.2) is 27.7 Å². The van der Waals surface area contributed by atoms with E-state index in [1.807, 2.05) is 78.2 Å². The van der Waals surface area contributed by atoms with E-state index in [4.69, 9.17) is 14.5 Å². The van der Waals surface area contributed by atoms with Crippen molar-refractivity contribution in [3.05, 3.63) is 89.9 Å². The van der Waals surface area contributed by atoms with Gasteiger partial charge in [0.15, 0.2) is 5.65 Å². The highest BCUT2D eigenvalue weighted by atomic mass is 16.5. The Hall–Kier alpha value is -3.87. The second-order valence-corrected chi connectivity index (χ2v) is 7.18. The van der Waals surface area contributed by atoms with E-state index in [0.29, 0.717) is 12.4 Å². The average molecular weight is 416 g/mol. The van der Waals surface area contributed by atoms with E-state index in [2.05, 4.69) is 10.3 Å². The van der Waals surface area contributed by atoms with Crippen LogP contribution in [0.25, 0.3) is 11.2 Å². The van der Waals surface area contributed by atoms with Crippen LogP contribution in [0.2, 0.25) is 0 Å². The van der Waals surface area contributed by atoms with Crippen molar-refractivity contribution in [3.63, 3.8) is 0 Å². The Morgan fingerprint density at radius 1 is 1.03 bits per heavy atom.